The zero-order chi connectivity index (χ0) is 23.3. The van der Waals surface area contributed by atoms with Gasteiger partial charge >= 0.3 is 0 Å². The number of halogens is 2. The fraction of sp³-hybridized carbons (Fsp3) is 0.348. The number of hydrogen-bond acceptors (Lipinski definition) is 5. The SMILES string of the molecule is Cc1cc(NCc2ccc(Cl)c(Cl)c2)c2cccc(OCCNS(=O)(=O)CC(C)C)c2n1. The molecule has 2 N–H and O–H groups in total. The van der Waals surface area contributed by atoms with Gasteiger partial charge in [0.05, 0.1) is 15.8 Å². The van der Waals surface area contributed by atoms with Crippen molar-refractivity contribution in [2.45, 2.75) is 27.3 Å². The number of rotatable bonds is 10. The molecule has 0 aliphatic rings. The summed E-state index contributed by atoms with van der Waals surface area (Å²) in [6.45, 7) is 6.62. The van der Waals surface area contributed by atoms with E-state index in [4.69, 9.17) is 27.9 Å². The lowest BCUT2D eigenvalue weighted by molar-refractivity contribution is 0.326. The lowest BCUT2D eigenvalue weighted by Crippen LogP contribution is -2.31. The highest BCUT2D eigenvalue weighted by Crippen LogP contribution is 2.31. The highest BCUT2D eigenvalue weighted by Gasteiger charge is 2.13. The van der Waals surface area contributed by atoms with Crippen molar-refractivity contribution in [1.29, 1.82) is 0 Å². The average Bonchev–Trinajstić information content (AvgIpc) is 2.71. The maximum atomic E-state index is 12.0. The standard InChI is InChI=1S/C23H27Cl2N3O3S/c1-15(2)14-32(29,30)27-9-10-31-22-6-4-5-18-21(11-16(3)28-23(18)22)26-13-17-7-8-19(24)20(25)12-17/h4-8,11-12,15,27H,9-10,13-14H2,1-3H3,(H,26,28). The third kappa shape index (κ3) is 6.72. The summed E-state index contributed by atoms with van der Waals surface area (Å²) >= 11 is 12.1. The van der Waals surface area contributed by atoms with Gasteiger partial charge in [-0.3, -0.25) is 0 Å². The first-order chi connectivity index (χ1) is 15.1. The van der Waals surface area contributed by atoms with Crippen LogP contribution in [0.2, 0.25) is 10.0 Å². The predicted octanol–water partition coefficient (Wildman–Crippen LogP) is 5.42. The van der Waals surface area contributed by atoms with Gasteiger partial charge in [-0.25, -0.2) is 18.1 Å². The Hall–Kier alpha value is -2.06. The predicted molar refractivity (Wildman–Crippen MR) is 132 cm³/mol. The molecule has 2 aromatic carbocycles. The minimum absolute atomic E-state index is 0.0634. The second kappa shape index (κ2) is 10.7. The van der Waals surface area contributed by atoms with Crippen LogP contribution in [0.1, 0.15) is 25.1 Å². The van der Waals surface area contributed by atoms with Gasteiger partial charge in [-0.15, -0.1) is 0 Å². The zero-order valence-electron chi connectivity index (χ0n) is 18.3. The largest absolute Gasteiger partial charge is 0.490 e. The minimum atomic E-state index is -3.30. The van der Waals surface area contributed by atoms with Gasteiger partial charge in [0, 0.05) is 29.9 Å². The van der Waals surface area contributed by atoms with Crippen LogP contribution in [-0.4, -0.2) is 32.3 Å². The summed E-state index contributed by atoms with van der Waals surface area (Å²) in [5.41, 5.74) is 3.47. The zero-order valence-corrected chi connectivity index (χ0v) is 20.6. The topological polar surface area (TPSA) is 80.3 Å². The molecule has 172 valence electrons. The average molecular weight is 496 g/mol. The highest BCUT2D eigenvalue weighted by molar-refractivity contribution is 7.89. The molecule has 0 saturated carbocycles. The molecule has 0 atom stereocenters. The number of para-hydroxylation sites is 1. The Morgan fingerprint density at radius 2 is 1.88 bits per heavy atom. The van der Waals surface area contributed by atoms with E-state index in [0.29, 0.717) is 27.9 Å². The van der Waals surface area contributed by atoms with Gasteiger partial charge in [0.1, 0.15) is 17.9 Å². The first-order valence-electron chi connectivity index (χ1n) is 10.3. The maximum absolute atomic E-state index is 12.0. The molecule has 1 heterocycles. The molecule has 9 heteroatoms. The van der Waals surface area contributed by atoms with Crippen LogP contribution in [-0.2, 0) is 16.6 Å². The molecule has 0 spiro atoms. The number of nitrogens with one attached hydrogen (secondary N) is 2. The summed E-state index contributed by atoms with van der Waals surface area (Å²) in [4.78, 5) is 4.64. The van der Waals surface area contributed by atoms with E-state index in [9.17, 15) is 8.42 Å². The van der Waals surface area contributed by atoms with Crippen molar-refractivity contribution >= 4 is 49.8 Å². The van der Waals surface area contributed by atoms with Crippen LogP contribution in [0.4, 0.5) is 5.69 Å². The molecule has 0 aliphatic heterocycles. The molecular weight excluding hydrogens is 469 g/mol. The lowest BCUT2D eigenvalue weighted by atomic mass is 10.1. The van der Waals surface area contributed by atoms with E-state index in [1.165, 1.54) is 0 Å². The highest BCUT2D eigenvalue weighted by atomic mass is 35.5. The Kier molecular flexibility index (Phi) is 8.22. The number of benzene rings is 2. The van der Waals surface area contributed by atoms with Crippen LogP contribution < -0.4 is 14.8 Å². The van der Waals surface area contributed by atoms with Crippen LogP contribution in [0.3, 0.4) is 0 Å². The monoisotopic (exact) mass is 495 g/mol. The quantitative estimate of drug-likeness (QED) is 0.367. The third-order valence-electron chi connectivity index (χ3n) is 4.63. The van der Waals surface area contributed by atoms with Crippen LogP contribution >= 0.6 is 23.2 Å². The molecule has 3 rings (SSSR count). The summed E-state index contributed by atoms with van der Waals surface area (Å²) in [6, 6.07) is 13.2. The fourth-order valence-electron chi connectivity index (χ4n) is 3.32. The minimum Gasteiger partial charge on any atom is -0.490 e. The van der Waals surface area contributed by atoms with Crippen molar-refractivity contribution < 1.29 is 13.2 Å². The number of aryl methyl sites for hydroxylation is 1. The van der Waals surface area contributed by atoms with Crippen LogP contribution in [0.5, 0.6) is 5.75 Å². The van der Waals surface area contributed by atoms with Crippen molar-refractivity contribution in [3.63, 3.8) is 0 Å². The van der Waals surface area contributed by atoms with E-state index in [0.717, 1.165) is 22.3 Å². The number of sulfonamides is 1. The molecule has 0 saturated heterocycles. The summed E-state index contributed by atoms with van der Waals surface area (Å²) in [7, 11) is -3.30. The Balaban J connectivity index is 1.72. The van der Waals surface area contributed by atoms with E-state index >= 15 is 0 Å². The van der Waals surface area contributed by atoms with E-state index < -0.39 is 10.0 Å². The molecule has 0 unspecified atom stereocenters. The molecule has 1 aromatic heterocycles. The van der Waals surface area contributed by atoms with E-state index in [2.05, 4.69) is 15.0 Å². The number of nitrogens with zero attached hydrogens (tertiary/aromatic N) is 1. The summed E-state index contributed by atoms with van der Waals surface area (Å²) in [6.07, 6.45) is 0. The molecule has 0 fully saturated rings. The van der Waals surface area contributed by atoms with E-state index in [-0.39, 0.29) is 24.8 Å². The number of anilines is 1. The smallest absolute Gasteiger partial charge is 0.211 e. The van der Waals surface area contributed by atoms with E-state index in [1.807, 2.05) is 57.2 Å². The molecule has 3 aromatic rings. The van der Waals surface area contributed by atoms with Gasteiger partial charge in [0.2, 0.25) is 10.0 Å². The van der Waals surface area contributed by atoms with Crippen molar-refractivity contribution in [2.24, 2.45) is 5.92 Å². The Morgan fingerprint density at radius 1 is 1.09 bits per heavy atom. The summed E-state index contributed by atoms with van der Waals surface area (Å²) in [5, 5.41) is 5.38. The van der Waals surface area contributed by atoms with Gasteiger partial charge in [-0.05, 0) is 42.7 Å². The van der Waals surface area contributed by atoms with Crippen molar-refractivity contribution in [2.75, 3.05) is 24.2 Å². The van der Waals surface area contributed by atoms with Crippen LogP contribution in [0.25, 0.3) is 10.9 Å². The second-order valence-corrected chi connectivity index (χ2v) is 10.6. The van der Waals surface area contributed by atoms with E-state index in [1.54, 1.807) is 6.07 Å². The number of pyridine rings is 1. The van der Waals surface area contributed by atoms with Crippen LogP contribution in [0.15, 0.2) is 42.5 Å². The lowest BCUT2D eigenvalue weighted by Gasteiger charge is -2.14. The molecular formula is C23H27Cl2N3O3S. The van der Waals surface area contributed by atoms with Crippen LogP contribution in [0, 0.1) is 12.8 Å². The maximum Gasteiger partial charge on any atom is 0.211 e. The molecule has 0 radical (unpaired) electrons. The van der Waals surface area contributed by atoms with Crippen molar-refractivity contribution in [3.8, 4) is 5.75 Å². The van der Waals surface area contributed by atoms with Gasteiger partial charge in [-0.2, -0.15) is 0 Å². The number of hydrogen-bond donors (Lipinski definition) is 2. The van der Waals surface area contributed by atoms with Crippen molar-refractivity contribution in [3.05, 3.63) is 63.8 Å². The van der Waals surface area contributed by atoms with Gasteiger partial charge in [0.15, 0.2) is 0 Å². The Bertz CT molecular complexity index is 1200. The number of ether oxygens (including phenoxy) is 1. The van der Waals surface area contributed by atoms with Gasteiger partial charge in [0.25, 0.3) is 0 Å². The van der Waals surface area contributed by atoms with Gasteiger partial charge in [-0.1, -0.05) is 55.2 Å². The van der Waals surface area contributed by atoms with Crippen molar-refractivity contribution in [1.82, 2.24) is 9.71 Å². The summed E-state index contributed by atoms with van der Waals surface area (Å²) in [5.74, 6) is 0.760. The fourth-order valence-corrected chi connectivity index (χ4v) is 5.03. The summed E-state index contributed by atoms with van der Waals surface area (Å²) < 4.78 is 32.4. The normalized spacial score (nSPS) is 11.8. The molecule has 0 amide bonds. The molecule has 0 aliphatic carbocycles. The first kappa shape index (κ1) is 24.6. The van der Waals surface area contributed by atoms with Gasteiger partial charge < -0.3 is 10.1 Å². The molecule has 32 heavy (non-hydrogen) atoms. The molecule has 0 bridgehead atoms. The second-order valence-electron chi connectivity index (χ2n) is 7.98. The number of aromatic nitrogens is 1. The first-order valence-corrected chi connectivity index (χ1v) is 12.7. The number of fused-ring (bicyclic) bond motifs is 1. The Labute approximate surface area is 199 Å². The third-order valence-corrected chi connectivity index (χ3v) is 7.12. The molecule has 6 nitrogen and oxygen atoms in total. The Morgan fingerprint density at radius 3 is 2.59 bits per heavy atom.